The van der Waals surface area contributed by atoms with Gasteiger partial charge in [-0.3, -0.25) is 24.0 Å². The summed E-state index contributed by atoms with van der Waals surface area (Å²) in [6.07, 6.45) is 16.7. The number of carboxylic acids is 2. The molecule has 0 saturated carbocycles. The molecule has 0 heterocycles. The molecular formula is C80H136N2O20S2. The van der Waals surface area contributed by atoms with Crippen molar-refractivity contribution in [1.82, 2.24) is 10.6 Å². The zero-order valence-corrected chi connectivity index (χ0v) is 69.3. The molecule has 0 spiro atoms. The highest BCUT2D eigenvalue weighted by Gasteiger charge is 2.29. The predicted octanol–water partition coefficient (Wildman–Crippen LogP) is 18.0. The van der Waals surface area contributed by atoms with Crippen molar-refractivity contribution >= 4 is 83.5 Å². The van der Waals surface area contributed by atoms with Gasteiger partial charge in [-0.2, -0.15) is 23.5 Å². The summed E-state index contributed by atoms with van der Waals surface area (Å²) >= 11 is 3.70. The van der Waals surface area contributed by atoms with Gasteiger partial charge < -0.3 is 58.7 Å². The highest BCUT2D eigenvalue weighted by Crippen LogP contribution is 2.24. The summed E-state index contributed by atoms with van der Waals surface area (Å²) in [7, 11) is 1.42. The maximum atomic E-state index is 11.7. The smallest absolute Gasteiger partial charge is 0.407 e. The summed E-state index contributed by atoms with van der Waals surface area (Å²) < 4.78 is 39.7. The number of thioether (sulfide) groups is 2. The van der Waals surface area contributed by atoms with Crippen molar-refractivity contribution in [3.63, 3.8) is 0 Å². The molecule has 0 radical (unpaired) electrons. The minimum atomic E-state index is -0.935. The largest absolute Gasteiger partial charge is 0.481 e. The van der Waals surface area contributed by atoms with Gasteiger partial charge in [-0.25, -0.2) is 24.0 Å². The number of methoxy groups -OCH3 is 1. The lowest BCUT2D eigenvalue weighted by atomic mass is 9.91. The van der Waals surface area contributed by atoms with Crippen LogP contribution in [0.25, 0.3) is 0 Å². The number of unbranched alkanes of at least 4 members (excludes halogenated alkanes) is 6. The molecule has 0 fully saturated rings. The lowest BCUT2D eigenvalue weighted by molar-refractivity contribution is -0.156. The average molecular weight is 1510 g/mol. The first kappa shape index (κ1) is 108. The third-order valence-corrected chi connectivity index (χ3v) is 16.9. The molecule has 0 aliphatic heterocycles. The van der Waals surface area contributed by atoms with E-state index in [9.17, 15) is 47.9 Å². The summed E-state index contributed by atoms with van der Waals surface area (Å²) in [6, 6.07) is 19.3. The monoisotopic (exact) mass is 1510 g/mol. The highest BCUT2D eigenvalue weighted by molar-refractivity contribution is 7.98. The van der Waals surface area contributed by atoms with Crippen LogP contribution in [0.1, 0.15) is 233 Å². The van der Waals surface area contributed by atoms with E-state index in [-0.39, 0.29) is 78.0 Å². The Hall–Kier alpha value is -7.34. The summed E-state index contributed by atoms with van der Waals surface area (Å²) in [5.74, 6) is -0.667. The number of carbonyl (C=O) groups excluding carboxylic acids is 8. The van der Waals surface area contributed by atoms with E-state index in [1.54, 1.807) is 27.7 Å². The quantitative estimate of drug-likeness (QED) is 0.0209. The molecule has 2 amide bonds. The Labute approximate surface area is 634 Å². The Bertz CT molecular complexity index is 2700. The normalized spacial score (nSPS) is 10.5. The van der Waals surface area contributed by atoms with E-state index >= 15 is 0 Å². The summed E-state index contributed by atoms with van der Waals surface area (Å²) in [4.78, 5) is 110. The molecule has 0 bridgehead atoms. The van der Waals surface area contributed by atoms with Crippen LogP contribution in [0.5, 0.6) is 0 Å². The Balaban J connectivity index is -0.000000272. The number of hydrogen-bond donors (Lipinski definition) is 4. The molecule has 104 heavy (non-hydrogen) atoms. The van der Waals surface area contributed by atoms with E-state index < -0.39 is 40.9 Å². The summed E-state index contributed by atoms with van der Waals surface area (Å²) in [5.41, 5.74) is 0.935. The number of carboxylic acid groups (broad SMARTS) is 2. The zero-order valence-electron chi connectivity index (χ0n) is 67.6. The van der Waals surface area contributed by atoms with E-state index in [1.807, 2.05) is 181 Å². The third kappa shape index (κ3) is 64.3. The number of rotatable bonds is 39. The van der Waals surface area contributed by atoms with Crippen molar-refractivity contribution in [3.05, 3.63) is 108 Å². The first-order valence-electron chi connectivity index (χ1n) is 35.8. The average Bonchev–Trinajstić information content (AvgIpc) is 0.896. The van der Waals surface area contributed by atoms with Crippen LogP contribution in [0.3, 0.4) is 0 Å². The van der Waals surface area contributed by atoms with Crippen molar-refractivity contribution in [2.45, 2.75) is 235 Å². The number of carbonyl (C=O) groups is 10. The number of nitrogens with one attached hydrogen (secondary N) is 2. The maximum Gasteiger partial charge on any atom is 0.407 e. The van der Waals surface area contributed by atoms with Gasteiger partial charge in [0.15, 0.2) is 0 Å². The Morgan fingerprint density at radius 1 is 0.394 bits per heavy atom. The topological polar surface area (TPSA) is 309 Å². The number of esters is 6. The van der Waals surface area contributed by atoms with Gasteiger partial charge in [-0.15, -0.1) is 0 Å². The van der Waals surface area contributed by atoms with Crippen molar-refractivity contribution in [2.75, 3.05) is 77.3 Å². The van der Waals surface area contributed by atoms with E-state index in [2.05, 4.69) is 47.6 Å². The van der Waals surface area contributed by atoms with Crippen LogP contribution in [0.15, 0.2) is 97.1 Å². The van der Waals surface area contributed by atoms with Gasteiger partial charge in [-0.1, -0.05) is 148 Å². The van der Waals surface area contributed by atoms with Gasteiger partial charge in [0.25, 0.3) is 0 Å². The van der Waals surface area contributed by atoms with Crippen LogP contribution in [-0.2, 0) is 89.5 Å². The van der Waals surface area contributed by atoms with Crippen LogP contribution < -0.4 is 10.6 Å². The molecule has 22 nitrogen and oxygen atoms in total. The van der Waals surface area contributed by atoms with Crippen LogP contribution in [-0.4, -0.2) is 147 Å². The number of amides is 2. The van der Waals surface area contributed by atoms with Crippen LogP contribution in [0.2, 0.25) is 0 Å². The van der Waals surface area contributed by atoms with Crippen molar-refractivity contribution in [2.24, 2.45) is 27.1 Å². The molecule has 598 valence electrons. The fourth-order valence-electron chi connectivity index (χ4n) is 5.91. The molecule has 24 heteroatoms. The minimum Gasteiger partial charge on any atom is -0.481 e. The number of alkyl carbamates (subject to hydrolysis) is 2. The third-order valence-electron chi connectivity index (χ3n) is 15.5. The van der Waals surface area contributed by atoms with E-state index in [0.717, 1.165) is 68.9 Å². The van der Waals surface area contributed by atoms with E-state index in [1.165, 1.54) is 51.2 Å². The molecular weight excluding hydrogens is 1370 g/mol. The first-order valence-corrected chi connectivity index (χ1v) is 38.5. The molecule has 0 unspecified atom stereocenters. The van der Waals surface area contributed by atoms with Gasteiger partial charge in [-0.05, 0) is 189 Å². The maximum absolute atomic E-state index is 11.7. The Morgan fingerprint density at radius 2 is 0.702 bits per heavy atom. The number of ether oxygens (including phenoxy) is 8. The fraction of sp³-hybridized carbons (Fsp3) is 0.650. The zero-order chi connectivity index (χ0) is 81.4. The van der Waals surface area contributed by atoms with Crippen LogP contribution in [0, 0.1) is 27.1 Å². The molecule has 0 saturated heterocycles. The molecule has 2 aromatic rings. The van der Waals surface area contributed by atoms with Crippen molar-refractivity contribution < 1.29 is 96.1 Å². The number of hydrogen-bond acceptors (Lipinski definition) is 20. The SMILES string of the molecule is C=C(C)C(=O)O.C=C(C)C(=O)OCCNC(=O)OCCCCCCSC.C=C(C)C(=O)OCc1ccccc1.CCC(C)(C)C(=O)O.CCC(C)(C)C(=O)OC.CCC(C)(C)C(=O)OCCNC(=O)OCCCCCCSC.CCC(C)(C)C(=O)OCc1ccccc1.CCCOC(=O)C(C)(C)CC. The molecule has 0 aliphatic carbocycles. The first-order chi connectivity index (χ1) is 48.5. The predicted molar refractivity (Wildman–Crippen MR) is 420 cm³/mol. The Kier molecular flexibility index (Phi) is 67.5. The van der Waals surface area contributed by atoms with Gasteiger partial charge in [0, 0.05) is 16.7 Å². The molecule has 0 aromatic heterocycles. The second-order valence-corrected chi connectivity index (χ2v) is 29.1. The Morgan fingerprint density at radius 3 is 0.990 bits per heavy atom. The lowest BCUT2D eigenvalue weighted by Gasteiger charge is -2.20. The molecule has 0 aliphatic rings. The van der Waals surface area contributed by atoms with Gasteiger partial charge in [0.1, 0.15) is 26.4 Å². The second kappa shape index (κ2) is 65.2. The number of benzene rings is 2. The van der Waals surface area contributed by atoms with Crippen molar-refractivity contribution in [1.29, 1.82) is 0 Å². The highest BCUT2D eigenvalue weighted by atomic mass is 32.2. The minimum absolute atomic E-state index is 0.0816. The van der Waals surface area contributed by atoms with Gasteiger partial charge >= 0.3 is 59.9 Å². The molecule has 0 atom stereocenters. The van der Waals surface area contributed by atoms with Gasteiger partial charge in [0.05, 0.1) is 67.1 Å². The van der Waals surface area contributed by atoms with E-state index in [4.69, 9.17) is 43.4 Å². The summed E-state index contributed by atoms with van der Waals surface area (Å²) in [5, 5.41) is 21.4. The standard InChI is InChI=1S/C16H31NO4S.C14H25NO4S.C13H18O2.C11H12O2.C9H18O2.C7H14O2.C6H12O2.C4H6O2/c1-5-16(2,3)14(18)20-12-10-17-15(19)21-11-8-6-7-9-13-22-4;1-12(2)13(16)18-10-8-15-14(17)19-9-6-4-5-7-11-20-3;1-4-13(2,3)12(14)15-10-11-8-6-5-7-9-11;1-9(2)11(12)13-8-10-6-4-3-5-7-10;1-5-7-11-8(10)9(3,4)6-2;1-5-7(2,3)6(8)9-4;1-4-6(2,3)5(7)8;1-3(2)4(5)6/h5-13H2,1-4H3,(H,17,19);1,4-11H2,2-3H3,(H,15,17);5-9H,4,10H2,1-3H3;3-7H,1,8H2,2H3;5-7H2,1-4H3;5H2,1-4H3;4H2,1-3H3,(H,7,8);1H2,2H3,(H,5,6). The van der Waals surface area contributed by atoms with E-state index in [0.29, 0.717) is 50.6 Å². The van der Waals surface area contributed by atoms with Gasteiger partial charge in [0.2, 0.25) is 0 Å². The lowest BCUT2D eigenvalue weighted by Crippen LogP contribution is -2.32. The molecule has 2 aromatic carbocycles. The fourth-order valence-corrected chi connectivity index (χ4v) is 6.89. The van der Waals surface area contributed by atoms with Crippen LogP contribution >= 0.6 is 23.5 Å². The second-order valence-electron chi connectivity index (χ2n) is 27.1. The molecule has 4 N–H and O–H groups in total. The summed E-state index contributed by atoms with van der Waals surface area (Å²) in [6.45, 7) is 47.9. The van der Waals surface area contributed by atoms with Crippen molar-refractivity contribution in [3.8, 4) is 0 Å². The molecule has 2 rings (SSSR count). The van der Waals surface area contributed by atoms with Crippen LogP contribution in [0.4, 0.5) is 9.59 Å². The number of aliphatic carboxylic acids is 2.